The lowest BCUT2D eigenvalue weighted by Crippen LogP contribution is -2.34. The molecule has 8 nitrogen and oxygen atoms in total. The van der Waals surface area contributed by atoms with Gasteiger partial charge in [0.2, 0.25) is 17.8 Å². The van der Waals surface area contributed by atoms with Gasteiger partial charge in [0, 0.05) is 5.56 Å². The molecule has 2 amide bonds. The van der Waals surface area contributed by atoms with Crippen LogP contribution in [0.2, 0.25) is 0 Å². The summed E-state index contributed by atoms with van der Waals surface area (Å²) in [5, 5.41) is 14.6. The molecule has 2 aliphatic rings. The smallest absolute Gasteiger partial charge is 0.335 e. The Labute approximate surface area is 175 Å². The molecular weight excluding hydrogens is 400 g/mol. The standard InChI is InChI=1S/C23H14N2O6/c26-19(15-6-5-12-3-1-2-4-14(12)11-15)18-17-20(31-24-18)22(28)25(21(17)27)16-9-7-13(8-10-16)23(29)30/h1-11,17,20H,(H,29,30)/t17-,20-/m0/s1. The largest absolute Gasteiger partial charge is 0.478 e. The summed E-state index contributed by atoms with van der Waals surface area (Å²) in [5.74, 6) is -4.04. The fraction of sp³-hybridized carbons (Fsp3) is 0.0870. The zero-order valence-electron chi connectivity index (χ0n) is 15.9. The number of Topliss-reactive ketones (excluding diaryl/α,β-unsaturated/α-hetero) is 1. The number of imide groups is 1. The molecule has 5 rings (SSSR count). The molecule has 3 aromatic carbocycles. The number of carbonyl (C=O) groups excluding carboxylic acids is 3. The lowest BCUT2D eigenvalue weighted by Gasteiger charge is -2.15. The van der Waals surface area contributed by atoms with E-state index in [4.69, 9.17) is 9.94 Å². The number of hydrogen-bond acceptors (Lipinski definition) is 6. The van der Waals surface area contributed by atoms with Crippen LogP contribution in [0.4, 0.5) is 5.69 Å². The third-order valence-corrected chi connectivity index (χ3v) is 5.43. The van der Waals surface area contributed by atoms with Gasteiger partial charge in [0.15, 0.2) is 0 Å². The molecule has 1 fully saturated rings. The quantitative estimate of drug-likeness (QED) is 0.519. The van der Waals surface area contributed by atoms with Gasteiger partial charge in [-0.05, 0) is 41.1 Å². The van der Waals surface area contributed by atoms with Crippen molar-refractivity contribution in [1.82, 2.24) is 0 Å². The van der Waals surface area contributed by atoms with Crippen molar-refractivity contribution in [2.75, 3.05) is 4.90 Å². The molecule has 0 bridgehead atoms. The Morgan fingerprint density at radius 2 is 1.55 bits per heavy atom. The summed E-state index contributed by atoms with van der Waals surface area (Å²) in [5.41, 5.74) is 0.443. The van der Waals surface area contributed by atoms with Crippen molar-refractivity contribution in [3.8, 4) is 0 Å². The van der Waals surface area contributed by atoms with E-state index in [0.717, 1.165) is 15.7 Å². The number of carbonyl (C=O) groups is 4. The number of nitrogens with zero attached hydrogens (tertiary/aromatic N) is 2. The molecular formula is C23H14N2O6. The molecule has 0 spiro atoms. The van der Waals surface area contributed by atoms with Crippen LogP contribution < -0.4 is 4.90 Å². The average Bonchev–Trinajstić information content (AvgIpc) is 3.33. The van der Waals surface area contributed by atoms with E-state index in [1.165, 1.54) is 24.3 Å². The van der Waals surface area contributed by atoms with E-state index in [1.54, 1.807) is 18.2 Å². The van der Waals surface area contributed by atoms with E-state index in [9.17, 15) is 19.2 Å². The summed E-state index contributed by atoms with van der Waals surface area (Å²) in [7, 11) is 0. The van der Waals surface area contributed by atoms with Crippen molar-refractivity contribution in [3.05, 3.63) is 77.9 Å². The zero-order valence-corrected chi connectivity index (χ0v) is 15.9. The normalized spacial score (nSPS) is 19.9. The number of amides is 2. The molecule has 0 radical (unpaired) electrons. The maximum absolute atomic E-state index is 13.1. The highest BCUT2D eigenvalue weighted by Gasteiger charge is 2.57. The Hall–Kier alpha value is -4.33. The van der Waals surface area contributed by atoms with Crippen LogP contribution in [-0.2, 0) is 14.4 Å². The fourth-order valence-corrected chi connectivity index (χ4v) is 3.85. The number of aromatic carboxylic acids is 1. The summed E-state index contributed by atoms with van der Waals surface area (Å²) in [6.07, 6.45) is -1.22. The van der Waals surface area contributed by atoms with Gasteiger partial charge in [0.25, 0.3) is 5.91 Å². The Morgan fingerprint density at radius 1 is 0.871 bits per heavy atom. The van der Waals surface area contributed by atoms with Crippen LogP contribution in [0, 0.1) is 5.92 Å². The predicted molar refractivity (Wildman–Crippen MR) is 110 cm³/mol. The van der Waals surface area contributed by atoms with Gasteiger partial charge in [-0.1, -0.05) is 41.6 Å². The molecule has 0 aromatic heterocycles. The number of fused-ring (bicyclic) bond motifs is 2. The Bertz CT molecular complexity index is 1310. The topological polar surface area (TPSA) is 113 Å². The van der Waals surface area contributed by atoms with Gasteiger partial charge in [-0.2, -0.15) is 0 Å². The van der Waals surface area contributed by atoms with Gasteiger partial charge in [-0.3, -0.25) is 14.4 Å². The summed E-state index contributed by atoms with van der Waals surface area (Å²) in [6, 6.07) is 18.0. The van der Waals surface area contributed by atoms with Crippen LogP contribution in [0.1, 0.15) is 20.7 Å². The SMILES string of the molecule is O=C(O)c1ccc(N2C(=O)[C@H]3C(C(=O)c4ccc5ccccc5c4)=NO[C@@H]3C2=O)cc1. The van der Waals surface area contributed by atoms with Gasteiger partial charge >= 0.3 is 5.97 Å². The minimum Gasteiger partial charge on any atom is -0.478 e. The summed E-state index contributed by atoms with van der Waals surface area (Å²) >= 11 is 0. The van der Waals surface area contributed by atoms with E-state index >= 15 is 0 Å². The molecule has 1 saturated heterocycles. The highest BCUT2D eigenvalue weighted by molar-refractivity contribution is 6.52. The highest BCUT2D eigenvalue weighted by Crippen LogP contribution is 2.34. The average molecular weight is 414 g/mol. The van der Waals surface area contributed by atoms with Crippen LogP contribution >= 0.6 is 0 Å². The van der Waals surface area contributed by atoms with E-state index in [1.807, 2.05) is 24.3 Å². The predicted octanol–water partition coefficient (Wildman–Crippen LogP) is 2.67. The molecule has 2 atom stereocenters. The van der Waals surface area contributed by atoms with Crippen LogP contribution in [0.15, 0.2) is 71.9 Å². The van der Waals surface area contributed by atoms with Crippen molar-refractivity contribution in [3.63, 3.8) is 0 Å². The number of ketones is 1. The van der Waals surface area contributed by atoms with Gasteiger partial charge in [-0.25, -0.2) is 9.69 Å². The fourth-order valence-electron chi connectivity index (χ4n) is 3.85. The molecule has 31 heavy (non-hydrogen) atoms. The number of carboxylic acids is 1. The van der Waals surface area contributed by atoms with Gasteiger partial charge in [-0.15, -0.1) is 0 Å². The van der Waals surface area contributed by atoms with E-state index < -0.39 is 35.6 Å². The van der Waals surface area contributed by atoms with Crippen molar-refractivity contribution in [2.45, 2.75) is 6.10 Å². The van der Waals surface area contributed by atoms with Crippen LogP contribution in [-0.4, -0.2) is 40.5 Å². The molecule has 0 unspecified atom stereocenters. The molecule has 2 heterocycles. The van der Waals surface area contributed by atoms with Crippen LogP contribution in [0.5, 0.6) is 0 Å². The Kier molecular flexibility index (Phi) is 4.14. The third-order valence-electron chi connectivity index (χ3n) is 5.43. The second kappa shape index (κ2) is 6.88. The van der Waals surface area contributed by atoms with Gasteiger partial charge < -0.3 is 9.94 Å². The van der Waals surface area contributed by atoms with Crippen molar-refractivity contribution < 1.29 is 29.1 Å². The highest BCUT2D eigenvalue weighted by atomic mass is 16.7. The second-order valence-electron chi connectivity index (χ2n) is 7.24. The molecule has 1 N–H and O–H groups in total. The molecule has 0 aliphatic carbocycles. The van der Waals surface area contributed by atoms with Crippen molar-refractivity contribution >= 4 is 45.7 Å². The van der Waals surface area contributed by atoms with Crippen molar-refractivity contribution in [2.24, 2.45) is 11.1 Å². The minimum atomic E-state index is -1.22. The number of anilines is 1. The van der Waals surface area contributed by atoms with Crippen LogP contribution in [0.25, 0.3) is 10.8 Å². The number of benzene rings is 3. The molecule has 0 saturated carbocycles. The van der Waals surface area contributed by atoms with E-state index in [0.29, 0.717) is 5.56 Å². The number of oxime groups is 1. The maximum atomic E-state index is 13.1. The third kappa shape index (κ3) is 2.88. The molecule has 8 heteroatoms. The number of rotatable bonds is 4. The lowest BCUT2D eigenvalue weighted by atomic mass is 9.92. The van der Waals surface area contributed by atoms with Crippen molar-refractivity contribution in [1.29, 1.82) is 0 Å². The summed E-state index contributed by atoms with van der Waals surface area (Å²) in [4.78, 5) is 56.0. The number of carboxylic acid groups (broad SMARTS) is 1. The monoisotopic (exact) mass is 414 g/mol. The van der Waals surface area contributed by atoms with E-state index in [-0.39, 0.29) is 17.0 Å². The molecule has 2 aliphatic heterocycles. The number of hydrogen-bond donors (Lipinski definition) is 1. The first-order valence-electron chi connectivity index (χ1n) is 9.44. The molecule has 3 aromatic rings. The van der Waals surface area contributed by atoms with Gasteiger partial charge in [0.05, 0.1) is 11.3 Å². The Balaban J connectivity index is 1.45. The minimum absolute atomic E-state index is 0.0213. The zero-order chi connectivity index (χ0) is 21.7. The Morgan fingerprint density at radius 3 is 2.26 bits per heavy atom. The first-order chi connectivity index (χ1) is 15.0. The van der Waals surface area contributed by atoms with Gasteiger partial charge in [0.1, 0.15) is 11.6 Å². The van der Waals surface area contributed by atoms with Crippen LogP contribution in [0.3, 0.4) is 0 Å². The summed E-state index contributed by atoms with van der Waals surface area (Å²) in [6.45, 7) is 0. The summed E-state index contributed by atoms with van der Waals surface area (Å²) < 4.78 is 0. The second-order valence-corrected chi connectivity index (χ2v) is 7.24. The maximum Gasteiger partial charge on any atom is 0.335 e. The van der Waals surface area contributed by atoms with E-state index in [2.05, 4.69) is 5.16 Å². The first kappa shape index (κ1) is 18.7. The molecule has 152 valence electrons. The lowest BCUT2D eigenvalue weighted by molar-refractivity contribution is -0.126. The first-order valence-corrected chi connectivity index (χ1v) is 9.44.